The number of hydrogen-bond acceptors (Lipinski definition) is 0. The Labute approximate surface area is 90.8 Å². The third-order valence-electron chi connectivity index (χ3n) is 3.03. The second-order valence-corrected chi connectivity index (χ2v) is 5.44. The largest absolute Gasteiger partial charge is 0.103 e. The molecule has 0 aromatic heterocycles. The topological polar surface area (TPSA) is 0 Å². The second kappa shape index (κ2) is 7.09. The Morgan fingerprint density at radius 2 is 1.93 bits per heavy atom. The molecule has 0 bridgehead atoms. The summed E-state index contributed by atoms with van der Waals surface area (Å²) in [5.41, 5.74) is 0.466. The number of rotatable bonds is 8. The maximum absolute atomic E-state index is 3.82. The van der Waals surface area contributed by atoms with Crippen molar-refractivity contribution in [2.75, 3.05) is 0 Å². The maximum Gasteiger partial charge on any atom is -0.0302 e. The summed E-state index contributed by atoms with van der Waals surface area (Å²) in [6, 6.07) is 0. The van der Waals surface area contributed by atoms with Crippen LogP contribution in [0.3, 0.4) is 0 Å². The minimum absolute atomic E-state index is 0.466. The normalized spacial score (nSPS) is 14.0. The monoisotopic (exact) mass is 196 g/mol. The van der Waals surface area contributed by atoms with Gasteiger partial charge in [0.2, 0.25) is 0 Å². The van der Waals surface area contributed by atoms with Crippen molar-refractivity contribution in [2.24, 2.45) is 11.3 Å². The summed E-state index contributed by atoms with van der Waals surface area (Å²) in [4.78, 5) is 0. The maximum atomic E-state index is 3.82. The summed E-state index contributed by atoms with van der Waals surface area (Å²) in [6.45, 7) is 13.2. The Hall–Kier alpha value is -0.260. The summed E-state index contributed by atoms with van der Waals surface area (Å²) >= 11 is 0. The predicted octanol–water partition coefficient (Wildman–Crippen LogP) is 5.20. The molecule has 1 unspecified atom stereocenters. The van der Waals surface area contributed by atoms with Crippen molar-refractivity contribution in [2.45, 2.75) is 66.2 Å². The van der Waals surface area contributed by atoms with E-state index in [-0.39, 0.29) is 0 Å². The van der Waals surface area contributed by atoms with Crippen molar-refractivity contribution in [3.63, 3.8) is 0 Å². The molecular weight excluding hydrogens is 168 g/mol. The minimum Gasteiger partial charge on any atom is -0.103 e. The molecule has 0 heterocycles. The molecule has 0 radical (unpaired) electrons. The van der Waals surface area contributed by atoms with Crippen LogP contribution in [-0.2, 0) is 0 Å². The Balaban J connectivity index is 3.56. The molecule has 0 N–H and O–H groups in total. The van der Waals surface area contributed by atoms with E-state index < -0.39 is 0 Å². The van der Waals surface area contributed by atoms with Gasteiger partial charge in [-0.3, -0.25) is 0 Å². The van der Waals surface area contributed by atoms with Gasteiger partial charge in [0, 0.05) is 0 Å². The zero-order valence-electron chi connectivity index (χ0n) is 10.6. The molecule has 14 heavy (non-hydrogen) atoms. The molecule has 84 valence electrons. The van der Waals surface area contributed by atoms with E-state index in [1.165, 1.54) is 32.1 Å². The van der Waals surface area contributed by atoms with Crippen LogP contribution >= 0.6 is 0 Å². The molecular formula is C14H28. The number of allylic oxidation sites excluding steroid dienone is 1. The Morgan fingerprint density at radius 1 is 1.29 bits per heavy atom. The lowest BCUT2D eigenvalue weighted by molar-refractivity contribution is 0.310. The Morgan fingerprint density at radius 3 is 2.43 bits per heavy atom. The van der Waals surface area contributed by atoms with Crippen LogP contribution in [0.5, 0.6) is 0 Å². The van der Waals surface area contributed by atoms with E-state index in [1.54, 1.807) is 0 Å². The first kappa shape index (κ1) is 13.7. The Kier molecular flexibility index (Phi) is 6.96. The highest BCUT2D eigenvalue weighted by Crippen LogP contribution is 2.29. The van der Waals surface area contributed by atoms with Gasteiger partial charge >= 0.3 is 0 Å². The summed E-state index contributed by atoms with van der Waals surface area (Å²) in [6.07, 6.45) is 10.0. The molecule has 0 aromatic carbocycles. The molecule has 0 aromatic rings. The molecule has 0 aliphatic rings. The lowest BCUT2D eigenvalue weighted by Gasteiger charge is -2.23. The van der Waals surface area contributed by atoms with E-state index in [9.17, 15) is 0 Å². The summed E-state index contributed by atoms with van der Waals surface area (Å²) in [7, 11) is 0. The van der Waals surface area contributed by atoms with Gasteiger partial charge in [0.15, 0.2) is 0 Å². The predicted molar refractivity (Wildman–Crippen MR) is 66.5 cm³/mol. The van der Waals surface area contributed by atoms with Gasteiger partial charge in [-0.1, -0.05) is 59.5 Å². The van der Waals surface area contributed by atoms with Crippen molar-refractivity contribution in [1.82, 2.24) is 0 Å². The van der Waals surface area contributed by atoms with E-state index in [0.717, 1.165) is 12.3 Å². The van der Waals surface area contributed by atoms with Gasteiger partial charge in [0.05, 0.1) is 0 Å². The van der Waals surface area contributed by atoms with Gasteiger partial charge in [0.25, 0.3) is 0 Å². The molecule has 0 nitrogen and oxygen atoms in total. The van der Waals surface area contributed by atoms with Crippen LogP contribution in [0.1, 0.15) is 66.2 Å². The molecule has 0 rings (SSSR count). The molecule has 0 aliphatic heterocycles. The molecule has 0 aliphatic carbocycles. The van der Waals surface area contributed by atoms with Crippen LogP contribution in [0.15, 0.2) is 12.7 Å². The average molecular weight is 196 g/mol. The van der Waals surface area contributed by atoms with Crippen molar-refractivity contribution >= 4 is 0 Å². The van der Waals surface area contributed by atoms with Crippen LogP contribution in [0.4, 0.5) is 0 Å². The third-order valence-corrected chi connectivity index (χ3v) is 3.03. The molecule has 0 amide bonds. The SMILES string of the molecule is C=CCC(C)(C)CCCC(C)CCC. The summed E-state index contributed by atoms with van der Waals surface area (Å²) < 4.78 is 0. The first-order chi connectivity index (χ1) is 6.52. The molecule has 0 heteroatoms. The lowest BCUT2D eigenvalue weighted by atomic mass is 9.83. The van der Waals surface area contributed by atoms with Gasteiger partial charge in [0.1, 0.15) is 0 Å². The average Bonchev–Trinajstić information content (AvgIpc) is 2.03. The first-order valence-electron chi connectivity index (χ1n) is 6.12. The van der Waals surface area contributed by atoms with Gasteiger partial charge in [-0.2, -0.15) is 0 Å². The van der Waals surface area contributed by atoms with Crippen LogP contribution in [0.2, 0.25) is 0 Å². The van der Waals surface area contributed by atoms with Crippen molar-refractivity contribution in [1.29, 1.82) is 0 Å². The highest BCUT2D eigenvalue weighted by Gasteiger charge is 2.15. The van der Waals surface area contributed by atoms with E-state index in [4.69, 9.17) is 0 Å². The van der Waals surface area contributed by atoms with Crippen molar-refractivity contribution in [3.8, 4) is 0 Å². The lowest BCUT2D eigenvalue weighted by Crippen LogP contribution is -2.10. The fraction of sp³-hybridized carbons (Fsp3) is 0.857. The fourth-order valence-electron chi connectivity index (χ4n) is 2.06. The van der Waals surface area contributed by atoms with Crippen LogP contribution in [-0.4, -0.2) is 0 Å². The van der Waals surface area contributed by atoms with E-state index in [2.05, 4.69) is 40.3 Å². The summed E-state index contributed by atoms with van der Waals surface area (Å²) in [5, 5.41) is 0. The van der Waals surface area contributed by atoms with Gasteiger partial charge in [-0.05, 0) is 24.2 Å². The van der Waals surface area contributed by atoms with E-state index >= 15 is 0 Å². The van der Waals surface area contributed by atoms with E-state index in [0.29, 0.717) is 5.41 Å². The Bertz CT molecular complexity index is 144. The quantitative estimate of drug-likeness (QED) is 0.468. The smallest absolute Gasteiger partial charge is 0.0302 e. The van der Waals surface area contributed by atoms with Crippen LogP contribution in [0, 0.1) is 11.3 Å². The molecule has 0 spiro atoms. The van der Waals surface area contributed by atoms with Crippen molar-refractivity contribution in [3.05, 3.63) is 12.7 Å². The number of hydrogen-bond donors (Lipinski definition) is 0. The molecule has 1 atom stereocenters. The van der Waals surface area contributed by atoms with Gasteiger partial charge in [-0.25, -0.2) is 0 Å². The zero-order valence-corrected chi connectivity index (χ0v) is 10.6. The van der Waals surface area contributed by atoms with E-state index in [1.807, 2.05) is 0 Å². The minimum atomic E-state index is 0.466. The highest BCUT2D eigenvalue weighted by atomic mass is 14.2. The summed E-state index contributed by atoms with van der Waals surface area (Å²) in [5.74, 6) is 0.916. The van der Waals surface area contributed by atoms with Crippen LogP contribution in [0.25, 0.3) is 0 Å². The van der Waals surface area contributed by atoms with Gasteiger partial charge in [-0.15, -0.1) is 6.58 Å². The van der Waals surface area contributed by atoms with Crippen molar-refractivity contribution < 1.29 is 0 Å². The third kappa shape index (κ3) is 7.17. The first-order valence-corrected chi connectivity index (χ1v) is 6.12. The highest BCUT2D eigenvalue weighted by molar-refractivity contribution is 4.79. The molecule has 0 saturated heterocycles. The molecule has 0 saturated carbocycles. The molecule has 0 fully saturated rings. The fourth-order valence-corrected chi connectivity index (χ4v) is 2.06. The standard InChI is InChI=1S/C14H28/c1-6-9-13(3)10-8-12-14(4,5)11-7-2/h7,13H,2,6,8-12H2,1,3-5H3. The zero-order chi connectivity index (χ0) is 11.0. The van der Waals surface area contributed by atoms with Crippen LogP contribution < -0.4 is 0 Å². The van der Waals surface area contributed by atoms with Gasteiger partial charge < -0.3 is 0 Å². The second-order valence-electron chi connectivity index (χ2n) is 5.44.